The zero-order chi connectivity index (χ0) is 22.6. The van der Waals surface area contributed by atoms with Gasteiger partial charge in [-0.2, -0.15) is 0 Å². The molecule has 0 atom stereocenters. The second-order valence-corrected chi connectivity index (χ2v) is 9.63. The zero-order valence-corrected chi connectivity index (χ0v) is 20.7. The first kappa shape index (κ1) is 26.9. The number of anilines is 2. The van der Waals surface area contributed by atoms with Crippen LogP contribution in [-0.4, -0.2) is 36.7 Å². The average Bonchev–Trinajstić information content (AvgIpc) is 2.63. The Morgan fingerprint density at radius 2 is 1.03 bits per heavy atom. The van der Waals surface area contributed by atoms with Crippen molar-refractivity contribution in [3.05, 3.63) is 24.3 Å². The van der Waals surface area contributed by atoms with Crippen molar-refractivity contribution in [2.24, 2.45) is 0 Å². The number of thiocarbonyl (C=S) groups is 2. The summed E-state index contributed by atoms with van der Waals surface area (Å²) in [5, 5.41) is 11.0. The second kappa shape index (κ2) is 13.3. The third-order valence-corrected chi connectivity index (χ3v) is 7.19. The molecule has 1 rings (SSSR count). The standard InChI is InChI=1S/C16H28N4O6P2S2/c1-5-23-27(21,24-6-2)19-15(29)17-13-11-9-10-12-14(13)18-16(30)20-28(22,25-7-3)26-8-4/h9-12H,5-8H2,1-4H3,(H2,17,19,21,29)(H2,18,20,22,30). The Morgan fingerprint density at radius 1 is 0.733 bits per heavy atom. The summed E-state index contributed by atoms with van der Waals surface area (Å²) < 4.78 is 45.8. The lowest BCUT2D eigenvalue weighted by atomic mass is 10.2. The minimum absolute atomic E-state index is 0.0302. The highest BCUT2D eigenvalue weighted by Gasteiger charge is 2.26. The SMILES string of the molecule is CCOP(=O)(NC(=S)Nc1ccccc1NC(=S)NP(=O)(OCC)OCC)OCC. The molecule has 4 N–H and O–H groups in total. The van der Waals surface area contributed by atoms with E-state index in [0.717, 1.165) is 0 Å². The molecule has 0 heterocycles. The number of rotatable bonds is 12. The normalized spacial score (nSPS) is 11.6. The third kappa shape index (κ3) is 9.36. The van der Waals surface area contributed by atoms with Crippen molar-refractivity contribution < 1.29 is 27.2 Å². The van der Waals surface area contributed by atoms with Crippen LogP contribution in [0.25, 0.3) is 0 Å². The summed E-state index contributed by atoms with van der Waals surface area (Å²) in [4.78, 5) is 0. The van der Waals surface area contributed by atoms with Gasteiger partial charge in [0.15, 0.2) is 10.2 Å². The van der Waals surface area contributed by atoms with Crippen molar-refractivity contribution in [2.75, 3.05) is 37.1 Å². The van der Waals surface area contributed by atoms with Crippen LogP contribution in [0.4, 0.5) is 11.4 Å². The first-order chi connectivity index (χ1) is 14.2. The molecule has 0 aliphatic carbocycles. The van der Waals surface area contributed by atoms with E-state index in [2.05, 4.69) is 20.8 Å². The highest BCUT2D eigenvalue weighted by Crippen LogP contribution is 2.44. The molecule has 30 heavy (non-hydrogen) atoms. The molecule has 0 aliphatic heterocycles. The smallest absolute Gasteiger partial charge is 0.331 e. The quantitative estimate of drug-likeness (QED) is 0.238. The van der Waals surface area contributed by atoms with E-state index in [1.807, 2.05) is 0 Å². The zero-order valence-electron chi connectivity index (χ0n) is 17.3. The molecule has 1 aromatic carbocycles. The maximum atomic E-state index is 12.6. The summed E-state index contributed by atoms with van der Waals surface area (Å²) in [5.74, 6) is 0. The van der Waals surface area contributed by atoms with Crippen LogP contribution in [-0.2, 0) is 27.2 Å². The molecule has 0 aliphatic rings. The predicted octanol–water partition coefficient (Wildman–Crippen LogP) is 4.62. The van der Waals surface area contributed by atoms with Crippen LogP contribution >= 0.6 is 39.9 Å². The van der Waals surface area contributed by atoms with Crippen molar-refractivity contribution >= 4 is 61.5 Å². The highest BCUT2D eigenvalue weighted by atomic mass is 32.1. The Labute approximate surface area is 187 Å². The van der Waals surface area contributed by atoms with E-state index in [0.29, 0.717) is 11.4 Å². The lowest BCUT2D eigenvalue weighted by molar-refractivity contribution is 0.215. The summed E-state index contributed by atoms with van der Waals surface area (Å²) >= 11 is 10.5. The van der Waals surface area contributed by atoms with Crippen LogP contribution in [0.2, 0.25) is 0 Å². The highest BCUT2D eigenvalue weighted by molar-refractivity contribution is 7.81. The van der Waals surface area contributed by atoms with Gasteiger partial charge >= 0.3 is 15.5 Å². The van der Waals surface area contributed by atoms with Crippen LogP contribution in [0.3, 0.4) is 0 Å². The molecule has 0 bridgehead atoms. The molecular weight excluding hydrogens is 470 g/mol. The predicted molar refractivity (Wildman–Crippen MR) is 127 cm³/mol. The maximum Gasteiger partial charge on any atom is 0.434 e. The van der Waals surface area contributed by atoms with E-state index < -0.39 is 15.5 Å². The molecule has 1 aromatic rings. The Morgan fingerprint density at radius 3 is 1.30 bits per heavy atom. The lowest BCUT2D eigenvalue weighted by Crippen LogP contribution is -2.30. The van der Waals surface area contributed by atoms with Crippen LogP contribution in [0.1, 0.15) is 27.7 Å². The number of para-hydroxylation sites is 2. The van der Waals surface area contributed by atoms with E-state index in [1.54, 1.807) is 52.0 Å². The van der Waals surface area contributed by atoms with Gasteiger partial charge < -0.3 is 10.6 Å². The molecular formula is C16H28N4O6P2S2. The van der Waals surface area contributed by atoms with Crippen LogP contribution in [0, 0.1) is 0 Å². The van der Waals surface area contributed by atoms with E-state index in [4.69, 9.17) is 42.5 Å². The summed E-state index contributed by atoms with van der Waals surface area (Å²) in [7, 11) is -7.16. The fourth-order valence-electron chi connectivity index (χ4n) is 2.13. The molecule has 0 spiro atoms. The summed E-state index contributed by atoms with van der Waals surface area (Å²) in [5.41, 5.74) is 1.03. The minimum Gasteiger partial charge on any atom is -0.331 e. The van der Waals surface area contributed by atoms with E-state index in [1.165, 1.54) is 0 Å². The number of benzene rings is 1. The molecule has 10 nitrogen and oxygen atoms in total. The van der Waals surface area contributed by atoms with Gasteiger partial charge in [0, 0.05) is 0 Å². The van der Waals surface area contributed by atoms with Gasteiger partial charge in [-0.1, -0.05) is 12.1 Å². The fraction of sp³-hybridized carbons (Fsp3) is 0.500. The molecule has 0 radical (unpaired) electrons. The van der Waals surface area contributed by atoms with Gasteiger partial charge in [0.2, 0.25) is 0 Å². The molecule has 0 aromatic heterocycles. The number of nitrogens with one attached hydrogen (secondary N) is 4. The van der Waals surface area contributed by atoms with Crippen molar-refractivity contribution in [3.63, 3.8) is 0 Å². The Balaban J connectivity index is 2.87. The first-order valence-electron chi connectivity index (χ1n) is 9.26. The average molecular weight is 499 g/mol. The summed E-state index contributed by atoms with van der Waals surface area (Å²) in [6.45, 7) is 7.52. The Bertz CT molecular complexity index is 729. The van der Waals surface area contributed by atoms with E-state index in [9.17, 15) is 9.13 Å². The van der Waals surface area contributed by atoms with Crippen molar-refractivity contribution in [3.8, 4) is 0 Å². The van der Waals surface area contributed by atoms with Gasteiger partial charge in [-0.05, 0) is 64.3 Å². The maximum absolute atomic E-state index is 12.6. The summed E-state index contributed by atoms with van der Waals surface area (Å²) in [6, 6.07) is 6.97. The number of hydrogen-bond donors (Lipinski definition) is 4. The molecule has 14 heteroatoms. The van der Waals surface area contributed by atoms with Crippen LogP contribution in [0.5, 0.6) is 0 Å². The van der Waals surface area contributed by atoms with Crippen LogP contribution in [0.15, 0.2) is 24.3 Å². The monoisotopic (exact) mass is 498 g/mol. The van der Waals surface area contributed by atoms with E-state index in [-0.39, 0.29) is 36.7 Å². The number of hydrogen-bond acceptors (Lipinski definition) is 8. The summed E-state index contributed by atoms with van der Waals surface area (Å²) in [6.07, 6.45) is 0. The Kier molecular flexibility index (Phi) is 12.0. The largest absolute Gasteiger partial charge is 0.434 e. The van der Waals surface area contributed by atoms with Crippen molar-refractivity contribution in [1.82, 2.24) is 10.2 Å². The molecule has 0 saturated carbocycles. The van der Waals surface area contributed by atoms with Gasteiger partial charge in [0.25, 0.3) is 0 Å². The van der Waals surface area contributed by atoms with Gasteiger partial charge in [0.05, 0.1) is 37.8 Å². The van der Waals surface area contributed by atoms with Crippen molar-refractivity contribution in [2.45, 2.75) is 27.7 Å². The second-order valence-electron chi connectivity index (χ2n) is 5.34. The van der Waals surface area contributed by atoms with Gasteiger partial charge in [0.1, 0.15) is 0 Å². The minimum atomic E-state index is -3.58. The topological polar surface area (TPSA) is 119 Å². The van der Waals surface area contributed by atoms with Gasteiger partial charge in [-0.3, -0.25) is 28.3 Å². The molecule has 170 valence electrons. The lowest BCUT2D eigenvalue weighted by Gasteiger charge is -2.22. The fourth-order valence-corrected chi connectivity index (χ4v) is 5.40. The van der Waals surface area contributed by atoms with E-state index >= 15 is 0 Å². The van der Waals surface area contributed by atoms with Gasteiger partial charge in [-0.25, -0.2) is 9.13 Å². The molecule has 0 unspecified atom stereocenters. The first-order valence-corrected chi connectivity index (χ1v) is 13.2. The van der Waals surface area contributed by atoms with Gasteiger partial charge in [-0.15, -0.1) is 0 Å². The van der Waals surface area contributed by atoms with Crippen LogP contribution < -0.4 is 20.8 Å². The van der Waals surface area contributed by atoms with Crippen molar-refractivity contribution in [1.29, 1.82) is 0 Å². The third-order valence-electron chi connectivity index (χ3n) is 3.10. The molecule has 0 saturated heterocycles. The molecule has 0 amide bonds. The molecule has 0 fully saturated rings. The Hall–Kier alpha value is -1.10.